The van der Waals surface area contributed by atoms with E-state index in [-0.39, 0.29) is 11.8 Å². The van der Waals surface area contributed by atoms with Crippen LogP contribution in [-0.2, 0) is 16.0 Å². The molecule has 1 heterocycles. The predicted octanol–water partition coefficient (Wildman–Crippen LogP) is 2.49. The van der Waals surface area contributed by atoms with Crippen LogP contribution in [0.15, 0.2) is 24.3 Å². The van der Waals surface area contributed by atoms with Crippen molar-refractivity contribution in [1.29, 1.82) is 0 Å². The molecule has 0 radical (unpaired) electrons. The minimum Gasteiger partial charge on any atom is -0.497 e. The first-order valence-electron chi connectivity index (χ1n) is 9.34. The van der Waals surface area contributed by atoms with Gasteiger partial charge in [0.05, 0.1) is 13.5 Å². The van der Waals surface area contributed by atoms with Gasteiger partial charge in [0.1, 0.15) is 5.75 Å². The third kappa shape index (κ3) is 4.74. The summed E-state index contributed by atoms with van der Waals surface area (Å²) < 4.78 is 5.15. The molecule has 5 nitrogen and oxygen atoms in total. The van der Waals surface area contributed by atoms with Crippen molar-refractivity contribution >= 4 is 11.8 Å². The number of hydrogen-bond acceptors (Lipinski definition) is 3. The summed E-state index contributed by atoms with van der Waals surface area (Å²) in [6, 6.07) is 7.63. The van der Waals surface area contributed by atoms with E-state index in [1.54, 1.807) is 7.11 Å². The van der Waals surface area contributed by atoms with Crippen LogP contribution in [-0.4, -0.2) is 54.9 Å². The van der Waals surface area contributed by atoms with Crippen LogP contribution < -0.4 is 4.74 Å². The summed E-state index contributed by atoms with van der Waals surface area (Å²) in [5.74, 6) is 1.81. The molecule has 2 aliphatic rings. The van der Waals surface area contributed by atoms with Crippen LogP contribution in [0.5, 0.6) is 5.75 Å². The van der Waals surface area contributed by atoms with Crippen molar-refractivity contribution in [3.63, 3.8) is 0 Å². The lowest BCUT2D eigenvalue weighted by Gasteiger charge is -2.28. The molecule has 25 heavy (non-hydrogen) atoms. The second-order valence-corrected chi connectivity index (χ2v) is 7.14. The zero-order chi connectivity index (χ0) is 17.6. The second-order valence-electron chi connectivity index (χ2n) is 7.14. The minimum atomic E-state index is 0.137. The summed E-state index contributed by atoms with van der Waals surface area (Å²) >= 11 is 0. The molecule has 0 spiro atoms. The first kappa shape index (κ1) is 17.8. The van der Waals surface area contributed by atoms with Gasteiger partial charge in [-0.1, -0.05) is 18.6 Å². The van der Waals surface area contributed by atoms with E-state index in [4.69, 9.17) is 4.74 Å². The van der Waals surface area contributed by atoms with Crippen LogP contribution in [0.25, 0.3) is 0 Å². The Morgan fingerprint density at radius 2 is 1.60 bits per heavy atom. The molecular formula is C20H28N2O3. The van der Waals surface area contributed by atoms with Gasteiger partial charge in [0.2, 0.25) is 11.8 Å². The maximum atomic E-state index is 12.6. The summed E-state index contributed by atoms with van der Waals surface area (Å²) in [6.07, 6.45) is 5.63. The molecule has 0 N–H and O–H groups in total. The van der Waals surface area contributed by atoms with Crippen LogP contribution in [0.3, 0.4) is 0 Å². The lowest BCUT2D eigenvalue weighted by atomic mass is 9.82. The molecule has 0 bridgehead atoms. The standard InChI is InChI=1S/C20H28N2O3/c1-25-18-8-6-17(7-9-18)15-20(24)22-11-3-10-21(12-13-22)19(23)14-16-4-2-5-16/h6-9,16H,2-5,10-15H2,1H3. The fourth-order valence-electron chi connectivity index (χ4n) is 3.52. The highest BCUT2D eigenvalue weighted by Gasteiger charge is 2.26. The third-order valence-electron chi connectivity index (χ3n) is 5.40. The van der Waals surface area contributed by atoms with Crippen LogP contribution in [0.2, 0.25) is 0 Å². The van der Waals surface area contributed by atoms with E-state index in [1.807, 2.05) is 34.1 Å². The van der Waals surface area contributed by atoms with Crippen molar-refractivity contribution in [2.75, 3.05) is 33.3 Å². The Balaban J connectivity index is 1.49. The van der Waals surface area contributed by atoms with Crippen LogP contribution >= 0.6 is 0 Å². The summed E-state index contributed by atoms with van der Waals surface area (Å²) in [5, 5.41) is 0. The number of nitrogens with zero attached hydrogens (tertiary/aromatic N) is 2. The fraction of sp³-hybridized carbons (Fsp3) is 0.600. The van der Waals surface area contributed by atoms with Crippen LogP contribution in [0.1, 0.15) is 37.7 Å². The molecule has 0 atom stereocenters. The monoisotopic (exact) mass is 344 g/mol. The van der Waals surface area contributed by atoms with Gasteiger partial charge in [-0.2, -0.15) is 0 Å². The van der Waals surface area contributed by atoms with E-state index < -0.39 is 0 Å². The largest absolute Gasteiger partial charge is 0.497 e. The van der Waals surface area contributed by atoms with Crippen molar-refractivity contribution in [1.82, 2.24) is 9.80 Å². The highest BCUT2D eigenvalue weighted by molar-refractivity contribution is 5.79. The van der Waals surface area contributed by atoms with Gasteiger partial charge in [-0.15, -0.1) is 0 Å². The second kappa shape index (κ2) is 8.37. The molecule has 136 valence electrons. The first-order valence-corrected chi connectivity index (χ1v) is 9.34. The number of benzene rings is 1. The Labute approximate surface area is 149 Å². The molecule has 1 aromatic carbocycles. The molecule has 3 rings (SSSR count). The lowest BCUT2D eigenvalue weighted by Crippen LogP contribution is -2.38. The SMILES string of the molecule is COc1ccc(CC(=O)N2CCCN(C(=O)CC3CCC3)CC2)cc1. The minimum absolute atomic E-state index is 0.137. The van der Waals surface area contributed by atoms with E-state index in [0.717, 1.165) is 30.8 Å². The smallest absolute Gasteiger partial charge is 0.227 e. The van der Waals surface area contributed by atoms with Crippen molar-refractivity contribution in [2.24, 2.45) is 5.92 Å². The zero-order valence-corrected chi connectivity index (χ0v) is 15.1. The summed E-state index contributed by atoms with van der Waals surface area (Å²) in [5.41, 5.74) is 0.993. The average molecular weight is 344 g/mol. The van der Waals surface area contributed by atoms with Gasteiger partial charge >= 0.3 is 0 Å². The number of methoxy groups -OCH3 is 1. The van der Waals surface area contributed by atoms with E-state index in [2.05, 4.69) is 0 Å². The molecule has 1 aliphatic carbocycles. The topological polar surface area (TPSA) is 49.9 Å². The van der Waals surface area contributed by atoms with Crippen molar-refractivity contribution in [3.8, 4) is 5.75 Å². The van der Waals surface area contributed by atoms with Gasteiger partial charge in [-0.25, -0.2) is 0 Å². The van der Waals surface area contributed by atoms with Crippen LogP contribution in [0, 0.1) is 5.92 Å². The molecule has 0 aromatic heterocycles. The summed E-state index contributed by atoms with van der Waals surface area (Å²) in [4.78, 5) is 28.8. The maximum Gasteiger partial charge on any atom is 0.227 e. The summed E-state index contributed by atoms with van der Waals surface area (Å²) in [6.45, 7) is 2.82. The normalized spacial score (nSPS) is 18.4. The van der Waals surface area contributed by atoms with E-state index in [1.165, 1.54) is 19.3 Å². The molecule has 1 aliphatic heterocycles. The highest BCUT2D eigenvalue weighted by Crippen LogP contribution is 2.30. The maximum absolute atomic E-state index is 12.6. The number of carbonyl (C=O) groups is 2. The Hall–Kier alpha value is -2.04. The van der Waals surface area contributed by atoms with Gasteiger partial charge in [-0.05, 0) is 42.9 Å². The third-order valence-corrected chi connectivity index (χ3v) is 5.40. The van der Waals surface area contributed by atoms with Crippen LogP contribution in [0.4, 0.5) is 0 Å². The molecule has 5 heteroatoms. The zero-order valence-electron chi connectivity index (χ0n) is 15.1. The van der Waals surface area contributed by atoms with E-state index >= 15 is 0 Å². The van der Waals surface area contributed by atoms with Gasteiger partial charge < -0.3 is 14.5 Å². The lowest BCUT2D eigenvalue weighted by molar-refractivity contribution is -0.134. The molecule has 2 fully saturated rings. The van der Waals surface area contributed by atoms with Crippen molar-refractivity contribution in [3.05, 3.63) is 29.8 Å². The van der Waals surface area contributed by atoms with Crippen molar-refractivity contribution in [2.45, 2.75) is 38.5 Å². The number of hydrogen-bond donors (Lipinski definition) is 0. The van der Waals surface area contributed by atoms with Gasteiger partial charge in [-0.3, -0.25) is 9.59 Å². The average Bonchev–Trinajstić information content (AvgIpc) is 2.85. The van der Waals surface area contributed by atoms with Crippen molar-refractivity contribution < 1.29 is 14.3 Å². The van der Waals surface area contributed by atoms with E-state index in [0.29, 0.717) is 31.8 Å². The predicted molar refractivity (Wildman–Crippen MR) is 96.4 cm³/mol. The number of carbonyl (C=O) groups excluding carboxylic acids is 2. The molecule has 2 amide bonds. The Morgan fingerprint density at radius 1 is 0.960 bits per heavy atom. The molecule has 1 saturated heterocycles. The number of rotatable bonds is 5. The Bertz CT molecular complexity index is 595. The summed E-state index contributed by atoms with van der Waals surface area (Å²) in [7, 11) is 1.63. The number of amides is 2. The van der Waals surface area contributed by atoms with E-state index in [9.17, 15) is 9.59 Å². The first-order chi connectivity index (χ1) is 12.2. The fourth-order valence-corrected chi connectivity index (χ4v) is 3.52. The van der Waals surface area contributed by atoms with Gasteiger partial charge in [0, 0.05) is 32.6 Å². The molecular weight excluding hydrogens is 316 g/mol. The number of ether oxygens (including phenoxy) is 1. The molecule has 1 aromatic rings. The van der Waals surface area contributed by atoms with Gasteiger partial charge in [0.15, 0.2) is 0 Å². The molecule has 0 unspecified atom stereocenters. The highest BCUT2D eigenvalue weighted by atomic mass is 16.5. The Morgan fingerprint density at radius 3 is 2.16 bits per heavy atom. The Kier molecular flexibility index (Phi) is 5.95. The van der Waals surface area contributed by atoms with Gasteiger partial charge in [0.25, 0.3) is 0 Å². The molecule has 1 saturated carbocycles. The quantitative estimate of drug-likeness (QED) is 0.825.